The van der Waals surface area contributed by atoms with Gasteiger partial charge in [0.15, 0.2) is 0 Å². The molecule has 126 valence electrons. The van der Waals surface area contributed by atoms with E-state index in [1.165, 1.54) is 6.07 Å². The minimum atomic E-state index is -2.71. The maximum Gasteiger partial charge on any atom is 0.311 e. The molecule has 0 aliphatic heterocycles. The van der Waals surface area contributed by atoms with Gasteiger partial charge in [0, 0.05) is 37.2 Å². The molecule has 3 rings (SSSR count). The second kappa shape index (κ2) is 6.14. The lowest BCUT2D eigenvalue weighted by molar-refractivity contribution is -0.384. The minimum Gasteiger partial charge on any atom is -0.343 e. The van der Waals surface area contributed by atoms with Crippen LogP contribution >= 0.6 is 0 Å². The smallest absolute Gasteiger partial charge is 0.311 e. The lowest BCUT2D eigenvalue weighted by Gasteiger charge is -2.43. The SMILES string of the molecule is Cc1ccc([N+](=O)[O-])c(N(Cc2ccccc2)C2CC(F)(F)C2)n1. The van der Waals surface area contributed by atoms with E-state index >= 15 is 0 Å². The fourth-order valence-corrected chi connectivity index (χ4v) is 2.90. The van der Waals surface area contributed by atoms with Gasteiger partial charge in [0.1, 0.15) is 0 Å². The average molecular weight is 333 g/mol. The molecule has 1 aliphatic rings. The summed E-state index contributed by atoms with van der Waals surface area (Å²) in [4.78, 5) is 16.7. The molecule has 5 nitrogen and oxygen atoms in total. The van der Waals surface area contributed by atoms with E-state index in [0.717, 1.165) is 5.56 Å². The molecule has 2 aromatic rings. The predicted octanol–water partition coefficient (Wildman–Crippen LogP) is 4.10. The minimum absolute atomic E-state index is 0.157. The van der Waals surface area contributed by atoms with Gasteiger partial charge in [0.25, 0.3) is 5.92 Å². The number of rotatable bonds is 5. The van der Waals surface area contributed by atoms with Gasteiger partial charge >= 0.3 is 5.69 Å². The second-order valence-electron chi connectivity index (χ2n) is 6.08. The summed E-state index contributed by atoms with van der Waals surface area (Å²) in [6.07, 6.45) is -0.626. The van der Waals surface area contributed by atoms with Gasteiger partial charge < -0.3 is 4.90 Å². The van der Waals surface area contributed by atoms with Crippen LogP contribution in [0.4, 0.5) is 20.3 Å². The number of nitrogens with zero attached hydrogens (tertiary/aromatic N) is 3. The number of hydrogen-bond acceptors (Lipinski definition) is 4. The van der Waals surface area contributed by atoms with Crippen LogP contribution in [0.2, 0.25) is 0 Å². The van der Waals surface area contributed by atoms with Crippen molar-refractivity contribution in [2.75, 3.05) is 4.90 Å². The van der Waals surface area contributed by atoms with Crippen molar-refractivity contribution >= 4 is 11.5 Å². The Morgan fingerprint density at radius 1 is 1.25 bits per heavy atom. The lowest BCUT2D eigenvalue weighted by Crippen LogP contribution is -2.51. The Hall–Kier alpha value is -2.57. The first-order valence-corrected chi connectivity index (χ1v) is 7.66. The van der Waals surface area contributed by atoms with E-state index in [9.17, 15) is 18.9 Å². The highest BCUT2D eigenvalue weighted by atomic mass is 19.3. The van der Waals surface area contributed by atoms with E-state index in [0.29, 0.717) is 12.2 Å². The number of nitro groups is 1. The topological polar surface area (TPSA) is 59.3 Å². The number of aryl methyl sites for hydroxylation is 1. The third-order valence-electron chi connectivity index (χ3n) is 4.17. The normalized spacial score (nSPS) is 16.5. The molecule has 1 aromatic carbocycles. The predicted molar refractivity (Wildman–Crippen MR) is 86.2 cm³/mol. The van der Waals surface area contributed by atoms with Crippen molar-refractivity contribution in [3.63, 3.8) is 0 Å². The van der Waals surface area contributed by atoms with E-state index in [-0.39, 0.29) is 24.3 Å². The van der Waals surface area contributed by atoms with Crippen molar-refractivity contribution in [3.05, 3.63) is 63.8 Å². The number of alkyl halides is 2. The number of hydrogen-bond donors (Lipinski definition) is 0. The Balaban J connectivity index is 1.99. The van der Waals surface area contributed by atoms with Crippen LogP contribution in [-0.4, -0.2) is 21.9 Å². The Labute approximate surface area is 138 Å². The zero-order valence-corrected chi connectivity index (χ0v) is 13.2. The van der Waals surface area contributed by atoms with Gasteiger partial charge in [-0.1, -0.05) is 30.3 Å². The molecule has 0 atom stereocenters. The Bertz CT molecular complexity index is 745. The Morgan fingerprint density at radius 3 is 2.50 bits per heavy atom. The summed E-state index contributed by atoms with van der Waals surface area (Å²) in [5, 5.41) is 11.3. The summed E-state index contributed by atoms with van der Waals surface area (Å²) in [7, 11) is 0. The van der Waals surface area contributed by atoms with Crippen molar-refractivity contribution < 1.29 is 13.7 Å². The molecule has 0 bridgehead atoms. The zero-order chi connectivity index (χ0) is 17.3. The van der Waals surface area contributed by atoms with Crippen LogP contribution in [0.3, 0.4) is 0 Å². The second-order valence-corrected chi connectivity index (χ2v) is 6.08. The highest BCUT2D eigenvalue weighted by Gasteiger charge is 2.49. The maximum atomic E-state index is 13.4. The molecule has 1 aromatic heterocycles. The molecule has 1 heterocycles. The standard InChI is InChI=1S/C17H17F2N3O2/c1-12-7-8-15(22(23)24)16(20-12)21(14-9-17(18,19)10-14)11-13-5-3-2-4-6-13/h2-8,14H,9-11H2,1H3. The summed E-state index contributed by atoms with van der Waals surface area (Å²) in [5.74, 6) is -2.55. The fraction of sp³-hybridized carbons (Fsp3) is 0.353. The van der Waals surface area contributed by atoms with Crippen LogP contribution in [0.1, 0.15) is 24.1 Å². The Kier molecular flexibility index (Phi) is 4.17. The van der Waals surface area contributed by atoms with Crippen LogP contribution in [0.5, 0.6) is 0 Å². The highest BCUT2D eigenvalue weighted by Crippen LogP contribution is 2.43. The summed E-state index contributed by atoms with van der Waals surface area (Å²) in [6, 6.07) is 11.8. The van der Waals surface area contributed by atoms with Crippen molar-refractivity contribution in [1.82, 2.24) is 4.98 Å². The summed E-state index contributed by atoms with van der Waals surface area (Å²) < 4.78 is 26.7. The molecule has 0 spiro atoms. The van der Waals surface area contributed by atoms with Gasteiger partial charge in [-0.3, -0.25) is 10.1 Å². The number of benzene rings is 1. The van der Waals surface area contributed by atoms with E-state index in [1.807, 2.05) is 30.3 Å². The number of aromatic nitrogens is 1. The molecular weight excluding hydrogens is 316 g/mol. The van der Waals surface area contributed by atoms with E-state index in [4.69, 9.17) is 0 Å². The number of pyridine rings is 1. The molecule has 0 amide bonds. The molecule has 24 heavy (non-hydrogen) atoms. The van der Waals surface area contributed by atoms with Crippen LogP contribution in [0.25, 0.3) is 0 Å². The molecule has 1 fully saturated rings. The van der Waals surface area contributed by atoms with Crippen molar-refractivity contribution in [2.24, 2.45) is 0 Å². The first-order valence-electron chi connectivity index (χ1n) is 7.66. The monoisotopic (exact) mass is 333 g/mol. The average Bonchev–Trinajstić information content (AvgIpc) is 2.51. The summed E-state index contributed by atoms with van der Waals surface area (Å²) >= 11 is 0. The first-order chi connectivity index (χ1) is 11.4. The maximum absolute atomic E-state index is 13.4. The van der Waals surface area contributed by atoms with E-state index in [1.54, 1.807) is 17.9 Å². The summed E-state index contributed by atoms with van der Waals surface area (Å²) in [6.45, 7) is 2.03. The van der Waals surface area contributed by atoms with Crippen LogP contribution in [-0.2, 0) is 6.54 Å². The first kappa shape index (κ1) is 16.3. The van der Waals surface area contributed by atoms with Crippen molar-refractivity contribution in [3.8, 4) is 0 Å². The van der Waals surface area contributed by atoms with Gasteiger partial charge in [-0.2, -0.15) is 0 Å². The van der Waals surface area contributed by atoms with Crippen molar-refractivity contribution in [1.29, 1.82) is 0 Å². The van der Waals surface area contributed by atoms with Gasteiger partial charge in [0.2, 0.25) is 5.82 Å². The molecular formula is C17H17F2N3O2. The number of halogens is 2. The molecule has 0 N–H and O–H groups in total. The third kappa shape index (κ3) is 3.34. The molecule has 7 heteroatoms. The van der Waals surface area contributed by atoms with Gasteiger partial charge in [-0.15, -0.1) is 0 Å². The van der Waals surface area contributed by atoms with Gasteiger partial charge in [-0.05, 0) is 18.6 Å². The number of anilines is 1. The zero-order valence-electron chi connectivity index (χ0n) is 13.2. The lowest BCUT2D eigenvalue weighted by atomic mass is 9.86. The van der Waals surface area contributed by atoms with Crippen LogP contribution in [0, 0.1) is 17.0 Å². The van der Waals surface area contributed by atoms with Gasteiger partial charge in [0.05, 0.1) is 4.92 Å². The van der Waals surface area contributed by atoms with Gasteiger partial charge in [-0.25, -0.2) is 13.8 Å². The fourth-order valence-electron chi connectivity index (χ4n) is 2.90. The van der Waals surface area contributed by atoms with Crippen LogP contribution < -0.4 is 4.90 Å². The Morgan fingerprint density at radius 2 is 1.92 bits per heavy atom. The molecule has 1 saturated carbocycles. The molecule has 1 aliphatic carbocycles. The van der Waals surface area contributed by atoms with E-state index < -0.39 is 16.9 Å². The molecule has 0 radical (unpaired) electrons. The third-order valence-corrected chi connectivity index (χ3v) is 4.17. The van der Waals surface area contributed by atoms with Crippen molar-refractivity contribution in [2.45, 2.75) is 38.3 Å². The van der Waals surface area contributed by atoms with E-state index in [2.05, 4.69) is 4.98 Å². The van der Waals surface area contributed by atoms with Crippen LogP contribution in [0.15, 0.2) is 42.5 Å². The quantitative estimate of drug-likeness (QED) is 0.610. The summed E-state index contributed by atoms with van der Waals surface area (Å²) in [5.41, 5.74) is 1.34. The molecule has 0 unspecified atom stereocenters. The largest absolute Gasteiger partial charge is 0.343 e. The molecule has 0 saturated heterocycles. The highest BCUT2D eigenvalue weighted by molar-refractivity contribution is 5.59.